The third-order valence-corrected chi connectivity index (χ3v) is 1.80. The summed E-state index contributed by atoms with van der Waals surface area (Å²) in [5.74, 6) is 0. The molecule has 0 bridgehead atoms. The number of hydrogen-bond donors (Lipinski definition) is 1. The fourth-order valence-electron chi connectivity index (χ4n) is 1.14. The number of nitrogens with one attached hydrogen (secondary N) is 1. The van der Waals surface area contributed by atoms with Crippen LogP contribution in [-0.4, -0.2) is 51.1 Å². The molecule has 1 aliphatic rings. The van der Waals surface area contributed by atoms with Gasteiger partial charge in [-0.05, 0) is 6.92 Å². The molecule has 4 heteroatoms. The lowest BCUT2D eigenvalue weighted by atomic mass is 10.5. The first-order valence-electron chi connectivity index (χ1n) is 4.57. The summed E-state index contributed by atoms with van der Waals surface area (Å²) < 4.78 is 10.4. The summed E-state index contributed by atoms with van der Waals surface area (Å²) in [5, 5.41) is 2.18. The maximum Gasteiger partial charge on any atom is 0.0608 e. The molecule has 1 fully saturated rings. The summed E-state index contributed by atoms with van der Waals surface area (Å²) in [6.07, 6.45) is 0. The summed E-state index contributed by atoms with van der Waals surface area (Å²) >= 11 is 0. The summed E-state index contributed by atoms with van der Waals surface area (Å²) in [6.45, 7) is 8.11. The fraction of sp³-hybridized carbons (Fsp3) is 1.00. The normalized spacial score (nSPS) is 19.8. The zero-order valence-corrected chi connectivity index (χ0v) is 7.71. The fourth-order valence-corrected chi connectivity index (χ4v) is 1.14. The van der Waals surface area contributed by atoms with Crippen molar-refractivity contribution in [2.75, 3.05) is 46.1 Å². The SMILES string of the molecule is CCOCCNN1CCOCC1. The highest BCUT2D eigenvalue weighted by atomic mass is 16.5. The van der Waals surface area contributed by atoms with Crippen molar-refractivity contribution in [3.8, 4) is 0 Å². The number of rotatable bonds is 5. The number of ether oxygens (including phenoxy) is 2. The Labute approximate surface area is 73.8 Å². The van der Waals surface area contributed by atoms with Crippen LogP contribution in [0.15, 0.2) is 0 Å². The van der Waals surface area contributed by atoms with Crippen LogP contribution in [0.25, 0.3) is 0 Å². The maximum absolute atomic E-state index is 5.21. The molecule has 1 rings (SSSR count). The van der Waals surface area contributed by atoms with Crippen LogP contribution >= 0.6 is 0 Å². The van der Waals surface area contributed by atoms with Crippen molar-refractivity contribution in [3.05, 3.63) is 0 Å². The van der Waals surface area contributed by atoms with Gasteiger partial charge in [0.15, 0.2) is 0 Å². The van der Waals surface area contributed by atoms with Crippen molar-refractivity contribution in [2.45, 2.75) is 6.92 Å². The lowest BCUT2D eigenvalue weighted by molar-refractivity contribution is 0.00641. The molecule has 1 aliphatic heterocycles. The first-order valence-corrected chi connectivity index (χ1v) is 4.57. The Morgan fingerprint density at radius 1 is 1.42 bits per heavy atom. The first-order chi connectivity index (χ1) is 5.93. The van der Waals surface area contributed by atoms with Crippen LogP contribution in [0.5, 0.6) is 0 Å². The van der Waals surface area contributed by atoms with Gasteiger partial charge in [0.1, 0.15) is 0 Å². The van der Waals surface area contributed by atoms with Crippen LogP contribution in [-0.2, 0) is 9.47 Å². The van der Waals surface area contributed by atoms with Gasteiger partial charge in [-0.15, -0.1) is 0 Å². The Morgan fingerprint density at radius 2 is 2.17 bits per heavy atom. The van der Waals surface area contributed by atoms with Crippen LogP contribution in [0.1, 0.15) is 6.92 Å². The summed E-state index contributed by atoms with van der Waals surface area (Å²) in [6, 6.07) is 0. The smallest absolute Gasteiger partial charge is 0.0608 e. The van der Waals surface area contributed by atoms with Crippen molar-refractivity contribution in [3.63, 3.8) is 0 Å². The van der Waals surface area contributed by atoms with Crippen molar-refractivity contribution < 1.29 is 9.47 Å². The molecule has 0 saturated carbocycles. The van der Waals surface area contributed by atoms with E-state index in [1.54, 1.807) is 0 Å². The van der Waals surface area contributed by atoms with E-state index >= 15 is 0 Å². The van der Waals surface area contributed by atoms with E-state index in [1.807, 2.05) is 6.92 Å². The second kappa shape index (κ2) is 6.37. The van der Waals surface area contributed by atoms with Gasteiger partial charge in [-0.2, -0.15) is 0 Å². The number of nitrogens with zero attached hydrogens (tertiary/aromatic N) is 1. The molecule has 0 atom stereocenters. The summed E-state index contributed by atoms with van der Waals surface area (Å²) in [4.78, 5) is 0. The molecule has 0 unspecified atom stereocenters. The molecule has 0 aromatic heterocycles. The Balaban J connectivity index is 1.91. The van der Waals surface area contributed by atoms with Gasteiger partial charge < -0.3 is 9.47 Å². The molecule has 1 N–H and O–H groups in total. The highest BCUT2D eigenvalue weighted by molar-refractivity contribution is 4.56. The van der Waals surface area contributed by atoms with Gasteiger partial charge in [0.25, 0.3) is 0 Å². The molecular formula is C8H18N2O2. The van der Waals surface area contributed by atoms with Crippen molar-refractivity contribution in [1.82, 2.24) is 10.4 Å². The van der Waals surface area contributed by atoms with Crippen molar-refractivity contribution in [2.24, 2.45) is 0 Å². The monoisotopic (exact) mass is 174 g/mol. The largest absolute Gasteiger partial charge is 0.380 e. The van der Waals surface area contributed by atoms with Crippen LogP contribution in [0, 0.1) is 0 Å². The highest BCUT2D eigenvalue weighted by Gasteiger charge is 2.08. The highest BCUT2D eigenvalue weighted by Crippen LogP contribution is 1.91. The van der Waals surface area contributed by atoms with E-state index in [9.17, 15) is 0 Å². The van der Waals surface area contributed by atoms with Gasteiger partial charge >= 0.3 is 0 Å². The molecule has 0 aromatic rings. The van der Waals surface area contributed by atoms with E-state index in [0.29, 0.717) is 0 Å². The molecule has 0 spiro atoms. The average molecular weight is 174 g/mol. The van der Waals surface area contributed by atoms with Gasteiger partial charge in [0.05, 0.1) is 19.8 Å². The Morgan fingerprint density at radius 3 is 2.83 bits per heavy atom. The van der Waals surface area contributed by atoms with E-state index in [1.165, 1.54) is 0 Å². The van der Waals surface area contributed by atoms with E-state index in [-0.39, 0.29) is 0 Å². The molecule has 0 aromatic carbocycles. The lowest BCUT2D eigenvalue weighted by Gasteiger charge is -2.27. The first kappa shape index (κ1) is 9.92. The predicted molar refractivity (Wildman–Crippen MR) is 46.9 cm³/mol. The third kappa shape index (κ3) is 4.01. The van der Waals surface area contributed by atoms with Crippen molar-refractivity contribution in [1.29, 1.82) is 0 Å². The Hall–Kier alpha value is -0.160. The molecule has 0 radical (unpaired) electrons. The minimum atomic E-state index is 0.786. The van der Waals surface area contributed by atoms with E-state index in [0.717, 1.165) is 46.1 Å². The van der Waals surface area contributed by atoms with Crippen LogP contribution in [0.2, 0.25) is 0 Å². The molecule has 1 saturated heterocycles. The quantitative estimate of drug-likeness (QED) is 0.588. The lowest BCUT2D eigenvalue weighted by Crippen LogP contribution is -2.46. The molecule has 12 heavy (non-hydrogen) atoms. The summed E-state index contributed by atoms with van der Waals surface area (Å²) in [5.41, 5.74) is 3.28. The minimum Gasteiger partial charge on any atom is -0.380 e. The molecule has 0 amide bonds. The zero-order valence-electron chi connectivity index (χ0n) is 7.71. The minimum absolute atomic E-state index is 0.786. The second-order valence-electron chi connectivity index (χ2n) is 2.70. The number of morpholine rings is 1. The molecular weight excluding hydrogens is 156 g/mol. The van der Waals surface area contributed by atoms with Crippen LogP contribution in [0.3, 0.4) is 0 Å². The third-order valence-electron chi connectivity index (χ3n) is 1.80. The van der Waals surface area contributed by atoms with E-state index in [2.05, 4.69) is 10.4 Å². The molecule has 72 valence electrons. The zero-order chi connectivity index (χ0) is 8.65. The maximum atomic E-state index is 5.21. The van der Waals surface area contributed by atoms with Gasteiger partial charge in [-0.1, -0.05) is 0 Å². The average Bonchev–Trinajstić information content (AvgIpc) is 2.14. The standard InChI is InChI=1S/C8H18N2O2/c1-2-11-6-3-9-10-4-7-12-8-5-10/h9H,2-8H2,1H3. The van der Waals surface area contributed by atoms with Crippen LogP contribution < -0.4 is 5.43 Å². The Kier molecular flexibility index (Phi) is 5.27. The van der Waals surface area contributed by atoms with E-state index in [4.69, 9.17) is 9.47 Å². The topological polar surface area (TPSA) is 33.7 Å². The molecule has 0 aliphatic carbocycles. The van der Waals surface area contributed by atoms with Gasteiger partial charge in [0, 0.05) is 26.2 Å². The van der Waals surface area contributed by atoms with Gasteiger partial charge in [-0.25, -0.2) is 5.01 Å². The molecule has 1 heterocycles. The Bertz CT molecular complexity index is 105. The number of hydrogen-bond acceptors (Lipinski definition) is 4. The van der Waals surface area contributed by atoms with Gasteiger partial charge in [-0.3, -0.25) is 5.43 Å². The van der Waals surface area contributed by atoms with E-state index < -0.39 is 0 Å². The number of hydrazine groups is 1. The summed E-state index contributed by atoms with van der Waals surface area (Å²) in [7, 11) is 0. The molecule has 4 nitrogen and oxygen atoms in total. The van der Waals surface area contributed by atoms with Gasteiger partial charge in [0.2, 0.25) is 0 Å². The predicted octanol–water partition coefficient (Wildman–Crippen LogP) is -0.140. The van der Waals surface area contributed by atoms with Crippen LogP contribution in [0.4, 0.5) is 0 Å². The second-order valence-corrected chi connectivity index (χ2v) is 2.70. The van der Waals surface area contributed by atoms with Crippen molar-refractivity contribution >= 4 is 0 Å².